The van der Waals surface area contributed by atoms with Crippen LogP contribution in [0.5, 0.6) is 0 Å². The summed E-state index contributed by atoms with van der Waals surface area (Å²) in [6.07, 6.45) is 0.527. The number of morpholine rings is 1. The Balaban J connectivity index is 1.52. The minimum atomic E-state index is -0.192. The highest BCUT2D eigenvalue weighted by atomic mass is 35.5. The van der Waals surface area contributed by atoms with Crippen molar-refractivity contribution in [2.45, 2.75) is 6.42 Å². The number of amides is 1. The molecule has 32 heavy (non-hydrogen) atoms. The first kappa shape index (κ1) is 21.0. The zero-order valence-corrected chi connectivity index (χ0v) is 18.8. The van der Waals surface area contributed by atoms with Crippen LogP contribution in [-0.2, 0) is 16.0 Å². The smallest absolute Gasteiger partial charge is 0.280 e. The maximum absolute atomic E-state index is 13.5. The van der Waals surface area contributed by atoms with Crippen LogP contribution in [0.3, 0.4) is 0 Å². The summed E-state index contributed by atoms with van der Waals surface area (Å²) in [5, 5.41) is 12.3. The molecule has 3 aromatic rings. The van der Waals surface area contributed by atoms with E-state index < -0.39 is 0 Å². The van der Waals surface area contributed by atoms with E-state index >= 15 is 0 Å². The quantitative estimate of drug-likeness (QED) is 0.582. The number of hydrogen-bond donors (Lipinski definition) is 1. The summed E-state index contributed by atoms with van der Waals surface area (Å²) < 4.78 is 7.28. The number of aromatic amines is 1. The van der Waals surface area contributed by atoms with Gasteiger partial charge in [-0.2, -0.15) is 14.9 Å². The Morgan fingerprint density at radius 2 is 1.94 bits per heavy atom. The number of anilines is 1. The van der Waals surface area contributed by atoms with Gasteiger partial charge in [-0.15, -0.1) is 0 Å². The average Bonchev–Trinajstić information content (AvgIpc) is 3.27. The third-order valence-electron chi connectivity index (χ3n) is 5.52. The van der Waals surface area contributed by atoms with Crippen molar-refractivity contribution in [2.75, 3.05) is 37.9 Å². The number of nitrogens with zero attached hydrogens (tertiary/aromatic N) is 5. The number of rotatable bonds is 5. The van der Waals surface area contributed by atoms with Gasteiger partial charge in [0.15, 0.2) is 11.5 Å². The zero-order valence-electron chi connectivity index (χ0n) is 17.2. The molecule has 0 atom stereocenters. The largest absolute Gasteiger partial charge is 0.379 e. The molecule has 2 aliphatic rings. The highest BCUT2D eigenvalue weighted by molar-refractivity contribution is 7.71. The first-order valence-corrected chi connectivity index (χ1v) is 11.1. The van der Waals surface area contributed by atoms with E-state index in [4.69, 9.17) is 28.6 Å². The Morgan fingerprint density at radius 3 is 2.72 bits per heavy atom. The zero-order chi connectivity index (χ0) is 22.1. The number of H-pyrrole nitrogens is 1. The molecule has 1 N–H and O–H groups in total. The van der Waals surface area contributed by atoms with Crippen molar-refractivity contribution in [2.24, 2.45) is 5.10 Å². The minimum absolute atomic E-state index is 0.192. The number of halogens is 1. The van der Waals surface area contributed by atoms with Crippen LogP contribution in [0.1, 0.15) is 17.0 Å². The first-order valence-electron chi connectivity index (χ1n) is 10.3. The lowest BCUT2D eigenvalue weighted by molar-refractivity contribution is -0.112. The Kier molecular flexibility index (Phi) is 5.88. The van der Waals surface area contributed by atoms with E-state index in [0.29, 0.717) is 53.2 Å². The second-order valence-corrected chi connectivity index (χ2v) is 8.46. The van der Waals surface area contributed by atoms with Crippen molar-refractivity contribution in [3.63, 3.8) is 0 Å². The normalized spacial score (nSPS) is 17.8. The second-order valence-electron chi connectivity index (χ2n) is 7.63. The number of carbonyl (C=O) groups excluding carboxylic acids is 1. The Morgan fingerprint density at radius 1 is 1.16 bits per heavy atom. The van der Waals surface area contributed by atoms with Gasteiger partial charge in [0.05, 0.1) is 25.6 Å². The van der Waals surface area contributed by atoms with Gasteiger partial charge in [0.25, 0.3) is 5.91 Å². The SMILES string of the molecule is O=C1/C(=N/n2c(Cc3ccccc3)n[nH]c2=S)c2cc(Cl)ccc2N1CN1CCOCC1. The average molecular weight is 469 g/mol. The molecule has 5 rings (SSSR count). The number of fused-ring (bicyclic) bond motifs is 1. The van der Waals surface area contributed by atoms with Gasteiger partial charge in [-0.25, -0.2) is 0 Å². The molecule has 0 saturated carbocycles. The standard InChI is InChI=1S/C22H21ClN6O2S/c23-16-6-7-18-17(13-16)20(21(30)28(18)14-27-8-10-31-11-9-27)26-29-19(24-25-22(29)32)12-15-4-2-1-3-5-15/h1-7,13H,8-12,14H2,(H,25,32)/b26-20+. The van der Waals surface area contributed by atoms with Crippen molar-refractivity contribution in [1.82, 2.24) is 19.8 Å². The van der Waals surface area contributed by atoms with Crippen molar-refractivity contribution in [1.29, 1.82) is 0 Å². The van der Waals surface area contributed by atoms with Gasteiger partial charge < -0.3 is 4.74 Å². The third kappa shape index (κ3) is 4.12. The van der Waals surface area contributed by atoms with Crippen LogP contribution >= 0.6 is 23.8 Å². The van der Waals surface area contributed by atoms with Crippen LogP contribution in [0.25, 0.3) is 0 Å². The molecule has 1 aromatic heterocycles. The Labute approximate surface area is 195 Å². The fourth-order valence-electron chi connectivity index (χ4n) is 3.89. The molecule has 3 heterocycles. The summed E-state index contributed by atoms with van der Waals surface area (Å²) in [6.45, 7) is 3.32. The topological polar surface area (TPSA) is 78.8 Å². The molecule has 1 amide bonds. The molecule has 1 saturated heterocycles. The molecule has 164 valence electrons. The molecule has 0 radical (unpaired) electrons. The number of hydrogen-bond acceptors (Lipinski definition) is 6. The summed E-state index contributed by atoms with van der Waals surface area (Å²) in [5.41, 5.74) is 2.83. The predicted octanol–water partition coefficient (Wildman–Crippen LogP) is 3.07. The van der Waals surface area contributed by atoms with Crippen LogP contribution in [0, 0.1) is 4.77 Å². The number of aromatic nitrogens is 3. The van der Waals surface area contributed by atoms with E-state index in [9.17, 15) is 4.79 Å². The second kappa shape index (κ2) is 8.95. The van der Waals surface area contributed by atoms with Gasteiger partial charge in [-0.3, -0.25) is 19.7 Å². The van der Waals surface area contributed by atoms with Crippen LogP contribution in [0.15, 0.2) is 53.6 Å². The first-order chi connectivity index (χ1) is 15.6. The molecule has 10 heteroatoms. The maximum atomic E-state index is 13.5. The minimum Gasteiger partial charge on any atom is -0.379 e. The number of nitrogens with one attached hydrogen (secondary N) is 1. The molecule has 0 unspecified atom stereocenters. The number of ether oxygens (including phenoxy) is 1. The summed E-state index contributed by atoms with van der Waals surface area (Å²) in [4.78, 5) is 17.4. The van der Waals surface area contributed by atoms with Gasteiger partial charge >= 0.3 is 0 Å². The molecule has 0 spiro atoms. The van der Waals surface area contributed by atoms with Crippen LogP contribution in [0.2, 0.25) is 5.02 Å². The highest BCUT2D eigenvalue weighted by Gasteiger charge is 2.36. The fraction of sp³-hybridized carbons (Fsp3) is 0.273. The van der Waals surface area contributed by atoms with Crippen molar-refractivity contribution >= 4 is 41.1 Å². The number of benzene rings is 2. The molecule has 2 aromatic carbocycles. The van der Waals surface area contributed by atoms with Gasteiger partial charge in [0.1, 0.15) is 0 Å². The van der Waals surface area contributed by atoms with Crippen molar-refractivity contribution in [3.05, 3.63) is 75.3 Å². The fourth-order valence-corrected chi connectivity index (χ4v) is 4.25. The van der Waals surface area contributed by atoms with E-state index in [0.717, 1.165) is 24.3 Å². The van der Waals surface area contributed by atoms with Gasteiger partial charge in [-0.05, 0) is 36.0 Å². The van der Waals surface area contributed by atoms with Gasteiger partial charge in [-0.1, -0.05) is 41.9 Å². The number of carbonyl (C=O) groups is 1. The van der Waals surface area contributed by atoms with E-state index in [1.165, 1.54) is 4.68 Å². The Hall–Kier alpha value is -2.85. The molecule has 2 aliphatic heterocycles. The summed E-state index contributed by atoms with van der Waals surface area (Å²) in [7, 11) is 0. The molecular formula is C22H21ClN6O2S. The van der Waals surface area contributed by atoms with Crippen molar-refractivity contribution < 1.29 is 9.53 Å². The molecule has 0 aliphatic carbocycles. The summed E-state index contributed by atoms with van der Waals surface area (Å²) >= 11 is 11.7. The van der Waals surface area contributed by atoms with E-state index in [-0.39, 0.29) is 5.91 Å². The Bertz CT molecular complexity index is 1230. The molecule has 8 nitrogen and oxygen atoms in total. The monoisotopic (exact) mass is 468 g/mol. The van der Waals surface area contributed by atoms with Gasteiger partial charge in [0, 0.05) is 30.1 Å². The molecular weight excluding hydrogens is 448 g/mol. The van der Waals surface area contributed by atoms with Crippen LogP contribution < -0.4 is 4.90 Å². The van der Waals surface area contributed by atoms with Gasteiger partial charge in [0.2, 0.25) is 4.77 Å². The van der Waals surface area contributed by atoms with Crippen molar-refractivity contribution in [3.8, 4) is 0 Å². The molecule has 0 bridgehead atoms. The third-order valence-corrected chi connectivity index (χ3v) is 6.02. The van der Waals surface area contributed by atoms with E-state index in [2.05, 4.69) is 20.2 Å². The molecule has 1 fully saturated rings. The van der Waals surface area contributed by atoms with E-state index in [1.807, 2.05) is 36.4 Å². The summed E-state index contributed by atoms with van der Waals surface area (Å²) in [5.74, 6) is 0.430. The van der Waals surface area contributed by atoms with E-state index in [1.54, 1.807) is 17.0 Å². The summed E-state index contributed by atoms with van der Waals surface area (Å²) in [6, 6.07) is 15.3. The highest BCUT2D eigenvalue weighted by Crippen LogP contribution is 2.32. The van der Waals surface area contributed by atoms with Crippen LogP contribution in [-0.4, -0.2) is 64.4 Å². The van der Waals surface area contributed by atoms with Crippen LogP contribution in [0.4, 0.5) is 5.69 Å². The predicted molar refractivity (Wildman–Crippen MR) is 125 cm³/mol. The lowest BCUT2D eigenvalue weighted by atomic mass is 10.1. The lowest BCUT2D eigenvalue weighted by Gasteiger charge is -2.30. The lowest BCUT2D eigenvalue weighted by Crippen LogP contribution is -2.46. The maximum Gasteiger partial charge on any atom is 0.280 e.